The number of ether oxygens (including phenoxy) is 4. The Morgan fingerprint density at radius 1 is 1.15 bits per heavy atom. The zero-order valence-electron chi connectivity index (χ0n) is 19.9. The number of ketones is 1. The third-order valence-corrected chi connectivity index (χ3v) is 6.33. The number of rotatable bonds is 6. The molecule has 1 saturated heterocycles. The average molecular weight is 454 g/mol. The molecule has 7 heteroatoms. The minimum Gasteiger partial charge on any atom is -0.507 e. The zero-order chi connectivity index (χ0) is 23.7. The third kappa shape index (κ3) is 4.37. The van der Waals surface area contributed by atoms with E-state index in [0.29, 0.717) is 57.7 Å². The van der Waals surface area contributed by atoms with E-state index in [9.17, 15) is 9.90 Å². The molecule has 0 bridgehead atoms. The molecule has 2 heterocycles. The van der Waals surface area contributed by atoms with Crippen molar-refractivity contribution in [2.45, 2.75) is 33.2 Å². The largest absolute Gasteiger partial charge is 0.507 e. The molecule has 2 aromatic rings. The number of hydrogen-bond donors (Lipinski definition) is 1. The Kier molecular flexibility index (Phi) is 6.51. The summed E-state index contributed by atoms with van der Waals surface area (Å²) in [6.07, 6.45) is 4.00. The maximum absolute atomic E-state index is 13.3. The normalized spacial score (nSPS) is 19.4. The fourth-order valence-corrected chi connectivity index (χ4v) is 4.72. The van der Waals surface area contributed by atoms with Crippen LogP contribution in [0.5, 0.6) is 28.7 Å². The van der Waals surface area contributed by atoms with Crippen molar-refractivity contribution in [2.75, 3.05) is 34.4 Å². The molecule has 1 N–H and O–H groups in total. The molecule has 2 aliphatic rings. The number of carbonyl (C=O) groups is 1. The molecule has 1 unspecified atom stereocenters. The molecule has 0 aliphatic carbocycles. The molecule has 0 amide bonds. The fraction of sp³-hybridized carbons (Fsp3) is 0.423. The summed E-state index contributed by atoms with van der Waals surface area (Å²) in [6.45, 7) is 6.53. The number of aromatic hydroxyl groups is 1. The van der Waals surface area contributed by atoms with Gasteiger partial charge in [-0.25, -0.2) is 0 Å². The molecule has 2 aliphatic heterocycles. The SMILES string of the molecule is COc1cc(/C=C2/Oc3c(CN4CCCC(C)C4)c(O)cc(C)c3C2=O)cc(OC)c1OC. The number of carbonyl (C=O) groups excluding carboxylic acids is 1. The second-order valence-electron chi connectivity index (χ2n) is 8.78. The Hall–Kier alpha value is -3.19. The molecule has 4 rings (SSSR count). The lowest BCUT2D eigenvalue weighted by Gasteiger charge is -2.31. The van der Waals surface area contributed by atoms with Gasteiger partial charge in [0.1, 0.15) is 11.5 Å². The standard InChI is InChI=1S/C26H31NO6/c1-15-7-6-8-27(13-15)14-18-19(28)9-16(2)23-24(29)20(33-25(18)23)10-17-11-21(30-3)26(32-5)22(12-17)31-4/h9-12,15,28H,6-8,13-14H2,1-5H3/b20-10+. The molecule has 33 heavy (non-hydrogen) atoms. The van der Waals surface area contributed by atoms with Crippen LogP contribution in [-0.2, 0) is 6.54 Å². The molecule has 1 fully saturated rings. The van der Waals surface area contributed by atoms with Crippen LogP contribution in [0.25, 0.3) is 6.08 Å². The third-order valence-electron chi connectivity index (χ3n) is 6.33. The summed E-state index contributed by atoms with van der Waals surface area (Å²) in [7, 11) is 4.63. The fourth-order valence-electron chi connectivity index (χ4n) is 4.72. The quantitative estimate of drug-likeness (QED) is 0.642. The predicted molar refractivity (Wildman–Crippen MR) is 126 cm³/mol. The monoisotopic (exact) mass is 453 g/mol. The molecule has 0 saturated carbocycles. The average Bonchev–Trinajstić information content (AvgIpc) is 3.12. The molecular formula is C26H31NO6. The smallest absolute Gasteiger partial charge is 0.232 e. The second kappa shape index (κ2) is 9.35. The summed E-state index contributed by atoms with van der Waals surface area (Å²) in [6, 6.07) is 5.17. The number of fused-ring (bicyclic) bond motifs is 1. The van der Waals surface area contributed by atoms with Crippen LogP contribution in [0.2, 0.25) is 0 Å². The topological polar surface area (TPSA) is 77.5 Å². The first-order chi connectivity index (χ1) is 15.9. The molecular weight excluding hydrogens is 422 g/mol. The summed E-state index contributed by atoms with van der Waals surface area (Å²) < 4.78 is 22.3. The van der Waals surface area contributed by atoms with Gasteiger partial charge in [-0.2, -0.15) is 0 Å². The Morgan fingerprint density at radius 2 is 1.85 bits per heavy atom. The van der Waals surface area contributed by atoms with E-state index in [1.54, 1.807) is 45.6 Å². The van der Waals surface area contributed by atoms with Gasteiger partial charge >= 0.3 is 0 Å². The van der Waals surface area contributed by atoms with Gasteiger partial charge in [0, 0.05) is 13.1 Å². The van der Waals surface area contributed by atoms with E-state index >= 15 is 0 Å². The molecule has 176 valence electrons. The van der Waals surface area contributed by atoms with E-state index in [2.05, 4.69) is 11.8 Å². The number of likely N-dealkylation sites (tertiary alicyclic amines) is 1. The zero-order valence-corrected chi connectivity index (χ0v) is 19.9. The molecule has 0 radical (unpaired) electrons. The highest BCUT2D eigenvalue weighted by atomic mass is 16.5. The highest BCUT2D eigenvalue weighted by molar-refractivity contribution is 6.16. The first-order valence-corrected chi connectivity index (χ1v) is 11.2. The van der Waals surface area contributed by atoms with Gasteiger partial charge in [0.15, 0.2) is 17.3 Å². The Labute approximate surface area is 194 Å². The number of phenols is 1. The van der Waals surface area contributed by atoms with E-state index in [-0.39, 0.29) is 17.3 Å². The van der Waals surface area contributed by atoms with Crippen molar-refractivity contribution in [3.63, 3.8) is 0 Å². The van der Waals surface area contributed by atoms with E-state index in [4.69, 9.17) is 18.9 Å². The Morgan fingerprint density at radius 3 is 2.45 bits per heavy atom. The van der Waals surface area contributed by atoms with Gasteiger partial charge in [-0.3, -0.25) is 9.69 Å². The van der Waals surface area contributed by atoms with E-state index < -0.39 is 0 Å². The van der Waals surface area contributed by atoms with Crippen LogP contribution in [0.3, 0.4) is 0 Å². The Bertz CT molecular complexity index is 1080. The number of hydrogen-bond acceptors (Lipinski definition) is 7. The van der Waals surface area contributed by atoms with Crippen LogP contribution in [0, 0.1) is 12.8 Å². The number of Topliss-reactive ketones (excluding diaryl/α,β-unsaturated/α-hetero) is 1. The highest BCUT2D eigenvalue weighted by Gasteiger charge is 2.34. The van der Waals surface area contributed by atoms with Crippen molar-refractivity contribution < 1.29 is 28.8 Å². The molecule has 0 spiro atoms. The van der Waals surface area contributed by atoms with Crippen molar-refractivity contribution in [3.8, 4) is 28.7 Å². The summed E-state index contributed by atoms with van der Waals surface area (Å²) in [4.78, 5) is 15.6. The lowest BCUT2D eigenvalue weighted by molar-refractivity contribution is 0.101. The first-order valence-electron chi connectivity index (χ1n) is 11.2. The van der Waals surface area contributed by atoms with Crippen LogP contribution < -0.4 is 18.9 Å². The number of aryl methyl sites for hydroxylation is 1. The summed E-state index contributed by atoms with van der Waals surface area (Å²) in [5.41, 5.74) is 2.53. The van der Waals surface area contributed by atoms with Crippen LogP contribution in [0.1, 0.15) is 46.8 Å². The lowest BCUT2D eigenvalue weighted by Crippen LogP contribution is -2.33. The van der Waals surface area contributed by atoms with Crippen LogP contribution in [0.4, 0.5) is 0 Å². The molecule has 7 nitrogen and oxygen atoms in total. The van der Waals surface area contributed by atoms with Crippen LogP contribution in [0.15, 0.2) is 24.0 Å². The number of nitrogens with zero attached hydrogens (tertiary/aromatic N) is 1. The van der Waals surface area contributed by atoms with Gasteiger partial charge in [0.25, 0.3) is 0 Å². The van der Waals surface area contributed by atoms with Crippen molar-refractivity contribution in [3.05, 3.63) is 46.2 Å². The number of methoxy groups -OCH3 is 3. The summed E-state index contributed by atoms with van der Waals surface area (Å²) >= 11 is 0. The lowest BCUT2D eigenvalue weighted by atomic mass is 9.97. The van der Waals surface area contributed by atoms with Gasteiger partial charge in [0.05, 0.1) is 32.5 Å². The number of piperidine rings is 1. The first kappa shape index (κ1) is 23.0. The number of phenolic OH excluding ortho intramolecular Hbond substituents is 1. The number of benzene rings is 2. The number of allylic oxidation sites excluding steroid dienone is 1. The van der Waals surface area contributed by atoms with Gasteiger partial charge < -0.3 is 24.1 Å². The highest BCUT2D eigenvalue weighted by Crippen LogP contribution is 2.44. The van der Waals surface area contributed by atoms with Gasteiger partial charge in [-0.15, -0.1) is 0 Å². The van der Waals surface area contributed by atoms with E-state index in [1.807, 2.05) is 6.92 Å². The Balaban J connectivity index is 1.71. The van der Waals surface area contributed by atoms with Crippen molar-refractivity contribution >= 4 is 11.9 Å². The minimum atomic E-state index is -0.204. The van der Waals surface area contributed by atoms with Crippen molar-refractivity contribution in [2.24, 2.45) is 5.92 Å². The molecule has 2 aromatic carbocycles. The maximum atomic E-state index is 13.3. The predicted octanol–water partition coefficient (Wildman–Crippen LogP) is 4.57. The summed E-state index contributed by atoms with van der Waals surface area (Å²) in [5.74, 6) is 2.66. The van der Waals surface area contributed by atoms with Gasteiger partial charge in [-0.1, -0.05) is 6.92 Å². The molecule has 1 atom stereocenters. The van der Waals surface area contributed by atoms with Crippen LogP contribution in [-0.4, -0.2) is 50.2 Å². The van der Waals surface area contributed by atoms with Crippen LogP contribution >= 0.6 is 0 Å². The summed E-state index contributed by atoms with van der Waals surface area (Å²) in [5, 5.41) is 10.7. The van der Waals surface area contributed by atoms with E-state index in [0.717, 1.165) is 19.5 Å². The van der Waals surface area contributed by atoms with Gasteiger partial charge in [0.2, 0.25) is 11.5 Å². The minimum absolute atomic E-state index is 0.159. The van der Waals surface area contributed by atoms with Crippen molar-refractivity contribution in [1.29, 1.82) is 0 Å². The maximum Gasteiger partial charge on any atom is 0.232 e. The van der Waals surface area contributed by atoms with Gasteiger partial charge in [-0.05, 0) is 67.6 Å². The van der Waals surface area contributed by atoms with Crippen molar-refractivity contribution in [1.82, 2.24) is 4.90 Å². The van der Waals surface area contributed by atoms with E-state index in [1.165, 1.54) is 6.42 Å². The second-order valence-corrected chi connectivity index (χ2v) is 8.78. The molecule has 0 aromatic heterocycles.